The van der Waals surface area contributed by atoms with Crippen molar-refractivity contribution in [2.24, 2.45) is 0 Å². The summed E-state index contributed by atoms with van der Waals surface area (Å²) in [6.07, 6.45) is 1.48. The molecule has 0 unspecified atom stereocenters. The van der Waals surface area contributed by atoms with Crippen LogP contribution in [-0.4, -0.2) is 27.7 Å². The summed E-state index contributed by atoms with van der Waals surface area (Å²) in [5.74, 6) is -0.149. The maximum atomic E-state index is 11.3. The van der Waals surface area contributed by atoms with Crippen molar-refractivity contribution in [2.75, 3.05) is 12.3 Å². The fourth-order valence-corrected chi connectivity index (χ4v) is 1.15. The van der Waals surface area contributed by atoms with Crippen molar-refractivity contribution < 1.29 is 14.1 Å². The van der Waals surface area contributed by atoms with E-state index in [9.17, 15) is 4.79 Å². The first kappa shape index (κ1) is 11.1. The van der Waals surface area contributed by atoms with Crippen LogP contribution in [0.5, 0.6) is 0 Å². The Labute approximate surface area is 96.6 Å². The summed E-state index contributed by atoms with van der Waals surface area (Å²) in [5, 5.41) is 3.51. The molecule has 0 radical (unpaired) electrons. The maximum absolute atomic E-state index is 11.3. The van der Waals surface area contributed by atoms with E-state index in [4.69, 9.17) is 15.0 Å². The lowest BCUT2D eigenvalue weighted by atomic mass is 10.3. The third kappa shape index (κ3) is 2.39. The van der Waals surface area contributed by atoms with Gasteiger partial charge in [0.1, 0.15) is 5.82 Å². The summed E-state index contributed by atoms with van der Waals surface area (Å²) >= 11 is 0. The average molecular weight is 234 g/mol. The minimum Gasteiger partial charge on any atom is -0.460 e. The van der Waals surface area contributed by atoms with Gasteiger partial charge in [0.05, 0.1) is 12.2 Å². The molecule has 7 nitrogen and oxygen atoms in total. The van der Waals surface area contributed by atoms with Gasteiger partial charge in [-0.3, -0.25) is 0 Å². The van der Waals surface area contributed by atoms with Gasteiger partial charge in [0.25, 0.3) is 11.7 Å². The number of carbonyl (C=O) groups excluding carboxylic acids is 1. The standard InChI is InChI=1S/C10H10N4O3/c1-2-16-10(15)8-13-9(17-14-8)6-3-4-7(11)12-5-6/h3-5H,2H2,1H3,(H2,11,12). The van der Waals surface area contributed by atoms with Crippen molar-refractivity contribution >= 4 is 11.8 Å². The third-order valence-corrected chi connectivity index (χ3v) is 1.92. The van der Waals surface area contributed by atoms with E-state index in [0.717, 1.165) is 0 Å². The van der Waals surface area contributed by atoms with Gasteiger partial charge in [0.15, 0.2) is 0 Å². The van der Waals surface area contributed by atoms with E-state index in [1.165, 1.54) is 6.20 Å². The molecule has 2 N–H and O–H groups in total. The van der Waals surface area contributed by atoms with Gasteiger partial charge in [0, 0.05) is 6.20 Å². The molecule has 17 heavy (non-hydrogen) atoms. The number of carbonyl (C=O) groups is 1. The number of hydrogen-bond donors (Lipinski definition) is 1. The Hall–Kier alpha value is -2.44. The molecule has 0 fully saturated rings. The molecule has 0 spiro atoms. The zero-order valence-corrected chi connectivity index (χ0v) is 9.08. The molecule has 88 valence electrons. The Morgan fingerprint density at radius 3 is 3.00 bits per heavy atom. The number of esters is 1. The van der Waals surface area contributed by atoms with E-state index in [2.05, 4.69) is 15.1 Å². The lowest BCUT2D eigenvalue weighted by molar-refractivity contribution is 0.0508. The van der Waals surface area contributed by atoms with Crippen molar-refractivity contribution in [2.45, 2.75) is 6.92 Å². The Kier molecular flexibility index (Phi) is 2.99. The first-order valence-corrected chi connectivity index (χ1v) is 4.93. The van der Waals surface area contributed by atoms with E-state index >= 15 is 0 Å². The van der Waals surface area contributed by atoms with Gasteiger partial charge in [-0.05, 0) is 24.2 Å². The molecular weight excluding hydrogens is 224 g/mol. The zero-order chi connectivity index (χ0) is 12.3. The highest BCUT2D eigenvalue weighted by molar-refractivity contribution is 5.85. The van der Waals surface area contributed by atoms with Crippen LogP contribution in [0.2, 0.25) is 0 Å². The maximum Gasteiger partial charge on any atom is 0.379 e. The number of nitrogens with zero attached hydrogens (tertiary/aromatic N) is 3. The number of hydrogen-bond acceptors (Lipinski definition) is 7. The smallest absolute Gasteiger partial charge is 0.379 e. The molecule has 0 bridgehead atoms. The number of pyridine rings is 1. The minimum absolute atomic E-state index is 0.112. The van der Waals surface area contributed by atoms with E-state index in [-0.39, 0.29) is 18.3 Å². The molecule has 0 saturated carbocycles. The lowest BCUT2D eigenvalue weighted by Crippen LogP contribution is -2.06. The van der Waals surface area contributed by atoms with Crippen LogP contribution in [0.15, 0.2) is 22.9 Å². The Morgan fingerprint density at radius 1 is 1.53 bits per heavy atom. The molecule has 0 aliphatic carbocycles. The minimum atomic E-state index is -0.620. The van der Waals surface area contributed by atoms with Crippen molar-refractivity contribution in [3.05, 3.63) is 24.2 Å². The number of nitrogen functional groups attached to an aromatic ring is 1. The largest absolute Gasteiger partial charge is 0.460 e. The predicted octanol–water partition coefficient (Wildman–Crippen LogP) is 0.891. The number of rotatable bonds is 3. The van der Waals surface area contributed by atoms with Gasteiger partial charge in [-0.2, -0.15) is 4.98 Å². The summed E-state index contributed by atoms with van der Waals surface area (Å²) in [6, 6.07) is 3.27. The van der Waals surface area contributed by atoms with E-state index < -0.39 is 5.97 Å². The molecule has 0 saturated heterocycles. The van der Waals surface area contributed by atoms with Crippen molar-refractivity contribution in [3.8, 4) is 11.5 Å². The quantitative estimate of drug-likeness (QED) is 0.786. The van der Waals surface area contributed by atoms with Gasteiger partial charge >= 0.3 is 5.97 Å². The highest BCUT2D eigenvalue weighted by Gasteiger charge is 2.16. The molecule has 7 heteroatoms. The Morgan fingerprint density at radius 2 is 2.35 bits per heavy atom. The van der Waals surface area contributed by atoms with E-state index in [1.807, 2.05) is 0 Å². The molecule has 2 aromatic heterocycles. The van der Waals surface area contributed by atoms with Crippen LogP contribution in [0.3, 0.4) is 0 Å². The normalized spacial score (nSPS) is 10.2. The molecule has 0 aliphatic rings. The van der Waals surface area contributed by atoms with Crippen LogP contribution in [0.25, 0.3) is 11.5 Å². The first-order chi connectivity index (χ1) is 8.20. The SMILES string of the molecule is CCOC(=O)c1noc(-c2ccc(N)nc2)n1. The van der Waals surface area contributed by atoms with Crippen LogP contribution in [0.1, 0.15) is 17.5 Å². The number of nitrogens with two attached hydrogens (primary N) is 1. The van der Waals surface area contributed by atoms with Gasteiger partial charge < -0.3 is 15.0 Å². The summed E-state index contributed by atoms with van der Waals surface area (Å²) < 4.78 is 9.65. The molecule has 2 rings (SSSR count). The van der Waals surface area contributed by atoms with Crippen LogP contribution in [0, 0.1) is 0 Å². The monoisotopic (exact) mass is 234 g/mol. The number of aromatic nitrogens is 3. The molecule has 2 aromatic rings. The van der Waals surface area contributed by atoms with Crippen LogP contribution < -0.4 is 5.73 Å². The molecular formula is C10H10N4O3. The van der Waals surface area contributed by atoms with E-state index in [0.29, 0.717) is 11.4 Å². The van der Waals surface area contributed by atoms with Crippen LogP contribution in [0.4, 0.5) is 5.82 Å². The van der Waals surface area contributed by atoms with Gasteiger partial charge in [-0.25, -0.2) is 9.78 Å². The molecule has 0 aliphatic heterocycles. The first-order valence-electron chi connectivity index (χ1n) is 4.93. The average Bonchev–Trinajstić information content (AvgIpc) is 2.80. The zero-order valence-electron chi connectivity index (χ0n) is 9.08. The van der Waals surface area contributed by atoms with Gasteiger partial charge in [0.2, 0.25) is 0 Å². The highest BCUT2D eigenvalue weighted by Crippen LogP contribution is 2.16. The number of anilines is 1. The molecule has 0 aromatic carbocycles. The Balaban J connectivity index is 2.23. The predicted molar refractivity (Wildman–Crippen MR) is 57.9 cm³/mol. The van der Waals surface area contributed by atoms with E-state index in [1.54, 1.807) is 19.1 Å². The third-order valence-electron chi connectivity index (χ3n) is 1.92. The lowest BCUT2D eigenvalue weighted by Gasteiger charge is -1.94. The fraction of sp³-hybridized carbons (Fsp3) is 0.200. The Bertz CT molecular complexity index is 521. The van der Waals surface area contributed by atoms with Crippen LogP contribution in [-0.2, 0) is 4.74 Å². The van der Waals surface area contributed by atoms with Crippen LogP contribution >= 0.6 is 0 Å². The molecule has 2 heterocycles. The second kappa shape index (κ2) is 4.60. The van der Waals surface area contributed by atoms with Gasteiger partial charge in [-0.15, -0.1) is 0 Å². The fourth-order valence-electron chi connectivity index (χ4n) is 1.15. The molecule has 0 atom stereocenters. The summed E-state index contributed by atoms with van der Waals surface area (Å²) in [5.41, 5.74) is 6.03. The summed E-state index contributed by atoms with van der Waals surface area (Å²) in [7, 11) is 0. The topological polar surface area (TPSA) is 104 Å². The second-order valence-corrected chi connectivity index (χ2v) is 3.12. The van der Waals surface area contributed by atoms with Gasteiger partial charge in [-0.1, -0.05) is 0 Å². The van der Waals surface area contributed by atoms with Crippen molar-refractivity contribution in [1.82, 2.24) is 15.1 Å². The van der Waals surface area contributed by atoms with Crippen molar-refractivity contribution in [1.29, 1.82) is 0 Å². The summed E-state index contributed by atoms with van der Waals surface area (Å²) in [6.45, 7) is 1.95. The molecule has 0 amide bonds. The highest BCUT2D eigenvalue weighted by atomic mass is 16.5. The number of ether oxygens (including phenoxy) is 1. The summed E-state index contributed by atoms with van der Waals surface area (Å²) in [4.78, 5) is 19.1. The second-order valence-electron chi connectivity index (χ2n) is 3.12. The van der Waals surface area contributed by atoms with Crippen molar-refractivity contribution in [3.63, 3.8) is 0 Å².